The molecule has 2 aromatic rings. The number of rotatable bonds is 2. The molecule has 16 heavy (non-hydrogen) atoms. The number of hydrogen-bond acceptors (Lipinski definition) is 2. The molecule has 0 saturated carbocycles. The van der Waals surface area contributed by atoms with Gasteiger partial charge in [0, 0.05) is 5.56 Å². The van der Waals surface area contributed by atoms with Crippen molar-refractivity contribution < 1.29 is 10.0 Å². The van der Waals surface area contributed by atoms with Gasteiger partial charge >= 0.3 is 0 Å². The monoisotopic (exact) mass is 213 g/mol. The van der Waals surface area contributed by atoms with Crippen LogP contribution in [0.2, 0.25) is 0 Å². The summed E-state index contributed by atoms with van der Waals surface area (Å²) in [4.78, 5) is 11.1. The first-order chi connectivity index (χ1) is 7.81. The lowest BCUT2D eigenvalue weighted by Gasteiger charge is -2.02. The Balaban J connectivity index is 2.30. The zero-order valence-corrected chi connectivity index (χ0v) is 8.55. The van der Waals surface area contributed by atoms with Gasteiger partial charge in [0.15, 0.2) is 0 Å². The highest BCUT2D eigenvalue weighted by Gasteiger charge is 2.03. The van der Waals surface area contributed by atoms with Crippen LogP contribution in [0.3, 0.4) is 0 Å². The molecule has 2 aromatic carbocycles. The van der Waals surface area contributed by atoms with Crippen LogP contribution in [-0.4, -0.2) is 11.1 Å². The SMILES string of the molecule is O=C(NO)c1ccc(-c2ccccc2)cc1. The average Bonchev–Trinajstić information content (AvgIpc) is 2.39. The number of benzene rings is 2. The highest BCUT2D eigenvalue weighted by molar-refractivity contribution is 5.93. The number of carbonyl (C=O) groups is 1. The Hall–Kier alpha value is -2.13. The van der Waals surface area contributed by atoms with E-state index < -0.39 is 5.91 Å². The lowest BCUT2D eigenvalue weighted by Crippen LogP contribution is -2.18. The van der Waals surface area contributed by atoms with Gasteiger partial charge in [-0.05, 0) is 23.3 Å². The second kappa shape index (κ2) is 4.59. The second-order valence-corrected chi connectivity index (χ2v) is 3.38. The van der Waals surface area contributed by atoms with E-state index in [1.54, 1.807) is 17.6 Å². The number of hydrogen-bond donors (Lipinski definition) is 2. The fourth-order valence-electron chi connectivity index (χ4n) is 1.51. The maximum Gasteiger partial charge on any atom is 0.274 e. The van der Waals surface area contributed by atoms with Crippen molar-refractivity contribution >= 4 is 5.91 Å². The van der Waals surface area contributed by atoms with Crippen molar-refractivity contribution in [1.82, 2.24) is 5.48 Å². The summed E-state index contributed by atoms with van der Waals surface area (Å²) in [5.41, 5.74) is 4.17. The van der Waals surface area contributed by atoms with Crippen LogP contribution in [0.15, 0.2) is 54.6 Å². The molecular weight excluding hydrogens is 202 g/mol. The van der Waals surface area contributed by atoms with Gasteiger partial charge in [0.1, 0.15) is 0 Å². The Morgan fingerprint density at radius 2 is 1.44 bits per heavy atom. The topological polar surface area (TPSA) is 49.3 Å². The van der Waals surface area contributed by atoms with Crippen molar-refractivity contribution in [3.63, 3.8) is 0 Å². The third kappa shape index (κ3) is 2.10. The molecule has 0 bridgehead atoms. The zero-order chi connectivity index (χ0) is 11.4. The van der Waals surface area contributed by atoms with Crippen LogP contribution in [-0.2, 0) is 0 Å². The number of amides is 1. The maximum absolute atomic E-state index is 11.1. The number of hydroxylamine groups is 1. The van der Waals surface area contributed by atoms with Crippen molar-refractivity contribution in [3.05, 3.63) is 60.2 Å². The van der Waals surface area contributed by atoms with Gasteiger partial charge < -0.3 is 0 Å². The molecule has 0 heterocycles. The molecule has 0 fully saturated rings. The standard InChI is InChI=1S/C13H11NO2/c15-13(14-16)12-8-6-11(7-9-12)10-4-2-1-3-5-10/h1-9,16H,(H,14,15). The van der Waals surface area contributed by atoms with Crippen molar-refractivity contribution in [3.8, 4) is 11.1 Å². The minimum absolute atomic E-state index is 0.433. The Labute approximate surface area is 93.3 Å². The summed E-state index contributed by atoms with van der Waals surface area (Å²) in [5, 5.41) is 8.48. The van der Waals surface area contributed by atoms with Gasteiger partial charge in [0.05, 0.1) is 0 Å². The number of nitrogens with one attached hydrogen (secondary N) is 1. The summed E-state index contributed by atoms with van der Waals surface area (Å²) in [6.07, 6.45) is 0. The molecule has 2 N–H and O–H groups in total. The highest BCUT2D eigenvalue weighted by Crippen LogP contribution is 2.18. The van der Waals surface area contributed by atoms with E-state index in [-0.39, 0.29) is 0 Å². The summed E-state index contributed by atoms with van der Waals surface area (Å²) in [7, 11) is 0. The molecule has 0 radical (unpaired) electrons. The third-order valence-corrected chi connectivity index (χ3v) is 2.36. The molecule has 0 aliphatic rings. The van der Waals surface area contributed by atoms with Crippen LogP contribution >= 0.6 is 0 Å². The van der Waals surface area contributed by atoms with Gasteiger partial charge in [-0.2, -0.15) is 0 Å². The molecular formula is C13H11NO2. The second-order valence-electron chi connectivity index (χ2n) is 3.38. The third-order valence-electron chi connectivity index (χ3n) is 2.36. The molecule has 0 saturated heterocycles. The summed E-state index contributed by atoms with van der Waals surface area (Å²) in [5.74, 6) is -0.500. The highest BCUT2D eigenvalue weighted by atomic mass is 16.5. The normalized spacial score (nSPS) is 9.81. The van der Waals surface area contributed by atoms with Gasteiger partial charge in [-0.1, -0.05) is 42.5 Å². The van der Waals surface area contributed by atoms with Crippen LogP contribution in [0.5, 0.6) is 0 Å². The van der Waals surface area contributed by atoms with Crippen LogP contribution in [0.25, 0.3) is 11.1 Å². The molecule has 3 heteroatoms. The van der Waals surface area contributed by atoms with E-state index in [9.17, 15) is 4.79 Å². The lowest BCUT2D eigenvalue weighted by molar-refractivity contribution is 0.0706. The minimum atomic E-state index is -0.500. The maximum atomic E-state index is 11.1. The van der Waals surface area contributed by atoms with Gasteiger partial charge in [0.25, 0.3) is 5.91 Å². The van der Waals surface area contributed by atoms with Gasteiger partial charge in [0.2, 0.25) is 0 Å². The Morgan fingerprint density at radius 3 is 2.00 bits per heavy atom. The van der Waals surface area contributed by atoms with Crippen molar-refractivity contribution in [2.75, 3.05) is 0 Å². The van der Waals surface area contributed by atoms with Crippen molar-refractivity contribution in [1.29, 1.82) is 0 Å². The van der Waals surface area contributed by atoms with E-state index in [2.05, 4.69) is 0 Å². The molecule has 80 valence electrons. The fraction of sp³-hybridized carbons (Fsp3) is 0. The van der Waals surface area contributed by atoms with Crippen LogP contribution in [0.1, 0.15) is 10.4 Å². The van der Waals surface area contributed by atoms with Crippen LogP contribution in [0.4, 0.5) is 0 Å². The summed E-state index contributed by atoms with van der Waals surface area (Å²) < 4.78 is 0. The molecule has 0 spiro atoms. The van der Waals surface area contributed by atoms with E-state index in [4.69, 9.17) is 5.21 Å². The summed E-state index contributed by atoms with van der Waals surface area (Å²) in [6.45, 7) is 0. The fourth-order valence-corrected chi connectivity index (χ4v) is 1.51. The number of carbonyl (C=O) groups excluding carboxylic acids is 1. The average molecular weight is 213 g/mol. The molecule has 0 aliphatic carbocycles. The van der Waals surface area contributed by atoms with Crippen LogP contribution in [0, 0.1) is 0 Å². The first-order valence-electron chi connectivity index (χ1n) is 4.91. The van der Waals surface area contributed by atoms with E-state index in [0.717, 1.165) is 11.1 Å². The molecule has 0 aliphatic heterocycles. The Bertz CT molecular complexity index is 477. The predicted molar refractivity (Wildman–Crippen MR) is 61.1 cm³/mol. The first kappa shape index (κ1) is 10.4. The van der Waals surface area contributed by atoms with Crippen molar-refractivity contribution in [2.24, 2.45) is 0 Å². The predicted octanol–water partition coefficient (Wildman–Crippen LogP) is 2.47. The molecule has 0 unspecified atom stereocenters. The molecule has 3 nitrogen and oxygen atoms in total. The lowest BCUT2D eigenvalue weighted by atomic mass is 10.0. The summed E-state index contributed by atoms with van der Waals surface area (Å²) in [6, 6.07) is 16.9. The molecule has 1 amide bonds. The molecule has 2 rings (SSSR count). The van der Waals surface area contributed by atoms with E-state index in [1.807, 2.05) is 42.5 Å². The molecule has 0 aromatic heterocycles. The smallest absolute Gasteiger partial charge is 0.274 e. The van der Waals surface area contributed by atoms with Crippen LogP contribution < -0.4 is 5.48 Å². The minimum Gasteiger partial charge on any atom is -0.288 e. The van der Waals surface area contributed by atoms with Gasteiger partial charge in [-0.25, -0.2) is 5.48 Å². The van der Waals surface area contributed by atoms with E-state index in [1.165, 1.54) is 0 Å². The molecule has 0 atom stereocenters. The Morgan fingerprint density at radius 1 is 0.875 bits per heavy atom. The van der Waals surface area contributed by atoms with E-state index in [0.29, 0.717) is 5.56 Å². The van der Waals surface area contributed by atoms with Gasteiger partial charge in [-0.15, -0.1) is 0 Å². The van der Waals surface area contributed by atoms with E-state index >= 15 is 0 Å². The largest absolute Gasteiger partial charge is 0.288 e. The van der Waals surface area contributed by atoms with Crippen molar-refractivity contribution in [2.45, 2.75) is 0 Å². The quantitative estimate of drug-likeness (QED) is 0.594. The summed E-state index contributed by atoms with van der Waals surface area (Å²) >= 11 is 0. The zero-order valence-electron chi connectivity index (χ0n) is 8.55. The Kier molecular flexibility index (Phi) is 2.98. The van der Waals surface area contributed by atoms with Gasteiger partial charge in [-0.3, -0.25) is 10.0 Å². The first-order valence-corrected chi connectivity index (χ1v) is 4.91.